The van der Waals surface area contributed by atoms with Crippen LogP contribution in [0.4, 0.5) is 4.39 Å². The zero-order valence-electron chi connectivity index (χ0n) is 16.9. The van der Waals surface area contributed by atoms with Crippen LogP contribution in [-0.4, -0.2) is 33.0 Å². The Kier molecular flexibility index (Phi) is 4.03. The smallest absolute Gasteiger partial charge is 0.338 e. The predicted octanol–water partition coefficient (Wildman–Crippen LogP) is 4.66. The van der Waals surface area contributed by atoms with Crippen LogP contribution in [0.15, 0.2) is 36.4 Å². The summed E-state index contributed by atoms with van der Waals surface area (Å²) in [6, 6.07) is 10.4. The Balaban J connectivity index is 1.82. The summed E-state index contributed by atoms with van der Waals surface area (Å²) < 4.78 is 23.5. The summed E-state index contributed by atoms with van der Waals surface area (Å²) in [5.74, 6) is -0.420. The lowest BCUT2D eigenvalue weighted by molar-refractivity contribution is 0.0600. The van der Waals surface area contributed by atoms with Crippen LogP contribution >= 0.6 is 0 Å². The van der Waals surface area contributed by atoms with E-state index in [1.807, 2.05) is 24.3 Å². The van der Waals surface area contributed by atoms with Crippen molar-refractivity contribution < 1.29 is 18.7 Å². The van der Waals surface area contributed by atoms with E-state index in [2.05, 4.69) is 16.5 Å². The third kappa shape index (κ3) is 2.44. The molecule has 0 saturated heterocycles. The molecule has 2 aromatic heterocycles. The standard InChI is InChI=1S/C23H20FN3O3/c1-4-14-11-19(28)15-7-5-6-12-10-18(27(14)20(12)15)22-25-17-9-13(23(29)30-3)8-16(24)21(17)26(22)2/h5-10,14H,4,11H2,1-3H3. The Hall–Kier alpha value is -3.48. The Morgan fingerprint density at radius 3 is 2.80 bits per heavy atom. The summed E-state index contributed by atoms with van der Waals surface area (Å²) in [5, 5.41) is 0.955. The van der Waals surface area contributed by atoms with Gasteiger partial charge in [0.25, 0.3) is 0 Å². The van der Waals surface area contributed by atoms with Crippen LogP contribution in [0.1, 0.15) is 46.5 Å². The van der Waals surface area contributed by atoms with Gasteiger partial charge < -0.3 is 13.9 Å². The van der Waals surface area contributed by atoms with Crippen molar-refractivity contribution in [3.63, 3.8) is 0 Å². The van der Waals surface area contributed by atoms with Gasteiger partial charge in [0.2, 0.25) is 0 Å². The van der Waals surface area contributed by atoms with Gasteiger partial charge in [0.1, 0.15) is 11.3 Å². The number of ether oxygens (including phenoxy) is 1. The molecular formula is C23H20FN3O3. The number of para-hydroxylation sites is 1. The molecule has 0 bridgehead atoms. The van der Waals surface area contributed by atoms with Crippen molar-refractivity contribution >= 4 is 33.7 Å². The minimum absolute atomic E-state index is 0.00943. The maximum Gasteiger partial charge on any atom is 0.338 e. The first-order valence-electron chi connectivity index (χ1n) is 9.86. The van der Waals surface area contributed by atoms with Gasteiger partial charge in [0.05, 0.1) is 29.4 Å². The summed E-state index contributed by atoms with van der Waals surface area (Å²) in [7, 11) is 3.02. The number of rotatable bonds is 3. The molecule has 0 radical (unpaired) electrons. The molecule has 0 amide bonds. The quantitative estimate of drug-likeness (QED) is 0.465. The van der Waals surface area contributed by atoms with E-state index in [-0.39, 0.29) is 17.4 Å². The van der Waals surface area contributed by atoms with Gasteiger partial charge in [-0.1, -0.05) is 19.1 Å². The van der Waals surface area contributed by atoms with E-state index < -0.39 is 11.8 Å². The van der Waals surface area contributed by atoms with E-state index in [4.69, 9.17) is 4.74 Å². The number of carbonyl (C=O) groups is 2. The number of Topliss-reactive ketones (excluding diaryl/α,β-unsaturated/α-hetero) is 1. The highest BCUT2D eigenvalue weighted by Crippen LogP contribution is 2.40. The van der Waals surface area contributed by atoms with E-state index in [9.17, 15) is 14.0 Å². The highest BCUT2D eigenvalue weighted by atomic mass is 19.1. The summed E-state index contributed by atoms with van der Waals surface area (Å²) in [6.07, 6.45) is 1.22. The number of aryl methyl sites for hydroxylation is 1. The number of esters is 1. The molecule has 0 saturated carbocycles. The number of benzene rings is 2. The van der Waals surface area contributed by atoms with Crippen molar-refractivity contribution in [1.29, 1.82) is 0 Å². The van der Waals surface area contributed by atoms with Crippen molar-refractivity contribution in [1.82, 2.24) is 14.1 Å². The Morgan fingerprint density at radius 1 is 1.27 bits per heavy atom. The first-order valence-corrected chi connectivity index (χ1v) is 9.86. The predicted molar refractivity (Wildman–Crippen MR) is 111 cm³/mol. The molecule has 6 nitrogen and oxygen atoms in total. The van der Waals surface area contributed by atoms with Gasteiger partial charge in [-0.05, 0) is 30.7 Å². The number of hydrogen-bond acceptors (Lipinski definition) is 4. The van der Waals surface area contributed by atoms with Crippen LogP contribution in [0.5, 0.6) is 0 Å². The molecule has 152 valence electrons. The molecular weight excluding hydrogens is 385 g/mol. The van der Waals surface area contributed by atoms with Gasteiger partial charge in [0, 0.05) is 30.5 Å². The van der Waals surface area contributed by atoms with E-state index in [1.165, 1.54) is 13.2 Å². The maximum absolute atomic E-state index is 14.9. The van der Waals surface area contributed by atoms with E-state index >= 15 is 0 Å². The molecule has 0 N–H and O–H groups in total. The average Bonchev–Trinajstić information content (AvgIpc) is 3.28. The lowest BCUT2D eigenvalue weighted by Crippen LogP contribution is -2.21. The van der Waals surface area contributed by atoms with E-state index in [1.54, 1.807) is 17.7 Å². The zero-order valence-corrected chi connectivity index (χ0v) is 16.9. The van der Waals surface area contributed by atoms with Crippen molar-refractivity contribution in [2.45, 2.75) is 25.8 Å². The zero-order chi connectivity index (χ0) is 21.2. The molecule has 0 spiro atoms. The topological polar surface area (TPSA) is 66.1 Å². The number of aromatic nitrogens is 3. The maximum atomic E-state index is 14.9. The molecule has 1 aliphatic rings. The van der Waals surface area contributed by atoms with E-state index in [0.29, 0.717) is 28.8 Å². The van der Waals surface area contributed by atoms with Gasteiger partial charge in [-0.2, -0.15) is 0 Å². The van der Waals surface area contributed by atoms with Gasteiger partial charge >= 0.3 is 5.97 Å². The van der Waals surface area contributed by atoms with Gasteiger partial charge in [-0.15, -0.1) is 0 Å². The van der Waals surface area contributed by atoms with Crippen LogP contribution in [0.2, 0.25) is 0 Å². The Morgan fingerprint density at radius 2 is 2.07 bits per heavy atom. The third-order valence-corrected chi connectivity index (χ3v) is 5.99. The molecule has 4 aromatic rings. The number of methoxy groups -OCH3 is 1. The summed E-state index contributed by atoms with van der Waals surface area (Å²) in [6.45, 7) is 2.05. The molecule has 0 aliphatic carbocycles. The van der Waals surface area contributed by atoms with Crippen molar-refractivity contribution in [3.05, 3.63) is 53.3 Å². The summed E-state index contributed by atoms with van der Waals surface area (Å²) in [4.78, 5) is 29.2. The third-order valence-electron chi connectivity index (χ3n) is 5.99. The number of imidazole rings is 1. The Labute approximate surface area is 171 Å². The number of halogens is 1. The number of hydrogen-bond donors (Lipinski definition) is 0. The second kappa shape index (κ2) is 6.52. The minimum Gasteiger partial charge on any atom is -0.465 e. The van der Waals surface area contributed by atoms with Crippen LogP contribution in [0, 0.1) is 5.82 Å². The van der Waals surface area contributed by atoms with Crippen molar-refractivity contribution in [2.24, 2.45) is 7.05 Å². The van der Waals surface area contributed by atoms with Crippen LogP contribution in [0.25, 0.3) is 33.5 Å². The molecule has 5 rings (SSSR count). The average molecular weight is 405 g/mol. The van der Waals surface area contributed by atoms with Crippen LogP contribution in [0.3, 0.4) is 0 Å². The first-order chi connectivity index (χ1) is 14.4. The monoisotopic (exact) mass is 405 g/mol. The fourth-order valence-corrected chi connectivity index (χ4v) is 4.56. The first kappa shape index (κ1) is 18.5. The summed E-state index contributed by atoms with van der Waals surface area (Å²) >= 11 is 0. The lowest BCUT2D eigenvalue weighted by atomic mass is 9.96. The number of fused-ring (bicyclic) bond motifs is 1. The second-order valence-corrected chi connectivity index (χ2v) is 7.64. The number of ketones is 1. The number of carbonyl (C=O) groups excluding carboxylic acids is 2. The highest BCUT2D eigenvalue weighted by Gasteiger charge is 2.30. The molecule has 0 fully saturated rings. The summed E-state index contributed by atoms with van der Waals surface area (Å²) in [5.41, 5.74) is 3.25. The van der Waals surface area contributed by atoms with Crippen LogP contribution < -0.4 is 0 Å². The Bertz CT molecular complexity index is 1370. The molecule has 1 unspecified atom stereocenters. The van der Waals surface area contributed by atoms with Gasteiger partial charge in [-0.3, -0.25) is 4.79 Å². The highest BCUT2D eigenvalue weighted by molar-refractivity contribution is 6.10. The van der Waals surface area contributed by atoms with Gasteiger partial charge in [-0.25, -0.2) is 14.2 Å². The molecule has 1 aliphatic heterocycles. The minimum atomic E-state index is -0.610. The fourth-order valence-electron chi connectivity index (χ4n) is 4.56. The van der Waals surface area contributed by atoms with Crippen molar-refractivity contribution in [2.75, 3.05) is 7.11 Å². The molecule has 30 heavy (non-hydrogen) atoms. The van der Waals surface area contributed by atoms with E-state index in [0.717, 1.165) is 23.0 Å². The number of nitrogens with zero attached hydrogens (tertiary/aromatic N) is 3. The molecule has 1 atom stereocenters. The molecule has 3 heterocycles. The molecule has 7 heteroatoms. The normalized spacial score (nSPS) is 15.9. The van der Waals surface area contributed by atoms with Gasteiger partial charge in [0.15, 0.2) is 11.6 Å². The molecule has 2 aromatic carbocycles. The van der Waals surface area contributed by atoms with Crippen molar-refractivity contribution in [3.8, 4) is 11.5 Å². The fraction of sp³-hybridized carbons (Fsp3) is 0.261. The SMILES string of the molecule is CCC1CC(=O)c2cccc3cc(-c4nc5cc(C(=O)OC)cc(F)c5n4C)n1c23. The lowest BCUT2D eigenvalue weighted by Gasteiger charge is -2.26. The van der Waals surface area contributed by atoms with Crippen LogP contribution in [-0.2, 0) is 11.8 Å². The second-order valence-electron chi connectivity index (χ2n) is 7.64. The largest absolute Gasteiger partial charge is 0.465 e.